The lowest BCUT2D eigenvalue weighted by atomic mass is 10.3. The van der Waals surface area contributed by atoms with Crippen molar-refractivity contribution in [3.8, 4) is 0 Å². The molecule has 1 N–H and O–H groups in total. The number of hydrogen-bond donors (Lipinski definition) is 1. The number of ether oxygens (including phenoxy) is 1. The molecule has 0 saturated carbocycles. The fraction of sp³-hybridized carbons (Fsp3) is 0.294. The van der Waals surface area contributed by atoms with E-state index in [0.29, 0.717) is 16.6 Å². The molecule has 0 atom stereocenters. The quantitative estimate of drug-likeness (QED) is 0.501. The minimum Gasteiger partial charge on any atom is -0.455 e. The van der Waals surface area contributed by atoms with Crippen molar-refractivity contribution in [2.24, 2.45) is 0 Å². The maximum absolute atomic E-state index is 11.9. The van der Waals surface area contributed by atoms with Gasteiger partial charge in [-0.1, -0.05) is 23.9 Å². The highest BCUT2D eigenvalue weighted by Crippen LogP contribution is 2.23. The van der Waals surface area contributed by atoms with Gasteiger partial charge in [0.25, 0.3) is 11.1 Å². The molecular weight excluding hydrogens is 356 g/mol. The Morgan fingerprint density at radius 3 is 2.88 bits per heavy atom. The number of aromatic nitrogens is 3. The standard InChI is InChI=1S/C17H18N4O4S/c1-11(2)21-14(7-8-18-21)20-15(22)9-24-16(23)10-26-17-19-12-5-3-4-6-13(12)25-17/h3-8,11H,9-10H2,1-2H3,(H,20,22). The Bertz CT molecular complexity index is 885. The topological polar surface area (TPSA) is 99.2 Å². The molecule has 26 heavy (non-hydrogen) atoms. The third kappa shape index (κ3) is 4.42. The van der Waals surface area contributed by atoms with Crippen molar-refractivity contribution >= 4 is 40.6 Å². The number of hydrogen-bond acceptors (Lipinski definition) is 7. The summed E-state index contributed by atoms with van der Waals surface area (Å²) in [4.78, 5) is 28.0. The van der Waals surface area contributed by atoms with Crippen LogP contribution in [0.3, 0.4) is 0 Å². The average molecular weight is 374 g/mol. The summed E-state index contributed by atoms with van der Waals surface area (Å²) < 4.78 is 12.2. The van der Waals surface area contributed by atoms with Gasteiger partial charge < -0.3 is 14.5 Å². The SMILES string of the molecule is CC(C)n1nccc1NC(=O)COC(=O)CSc1nc2ccccc2o1. The number of anilines is 1. The first kappa shape index (κ1) is 18.0. The molecule has 0 radical (unpaired) electrons. The van der Waals surface area contributed by atoms with Crippen LogP contribution in [0.2, 0.25) is 0 Å². The normalized spacial score (nSPS) is 11.0. The lowest BCUT2D eigenvalue weighted by Crippen LogP contribution is -2.23. The van der Waals surface area contributed by atoms with E-state index < -0.39 is 11.9 Å². The first-order chi connectivity index (χ1) is 12.5. The molecule has 2 heterocycles. The third-order valence-corrected chi connectivity index (χ3v) is 4.18. The summed E-state index contributed by atoms with van der Waals surface area (Å²) in [5.74, 6) is -0.386. The molecule has 1 aromatic carbocycles. The van der Waals surface area contributed by atoms with Crippen molar-refractivity contribution < 1.29 is 18.7 Å². The largest absolute Gasteiger partial charge is 0.455 e. The van der Waals surface area contributed by atoms with E-state index in [4.69, 9.17) is 9.15 Å². The lowest BCUT2D eigenvalue weighted by Gasteiger charge is -2.11. The van der Waals surface area contributed by atoms with Crippen LogP contribution < -0.4 is 5.32 Å². The Hall–Kier alpha value is -2.81. The summed E-state index contributed by atoms with van der Waals surface area (Å²) >= 11 is 1.12. The van der Waals surface area contributed by atoms with Crippen LogP contribution in [-0.2, 0) is 14.3 Å². The summed E-state index contributed by atoms with van der Waals surface area (Å²) in [5, 5.41) is 7.17. The van der Waals surface area contributed by atoms with Crippen LogP contribution >= 0.6 is 11.8 Å². The zero-order valence-electron chi connectivity index (χ0n) is 14.3. The molecule has 3 aromatic rings. The highest BCUT2D eigenvalue weighted by molar-refractivity contribution is 7.99. The lowest BCUT2D eigenvalue weighted by molar-refractivity contribution is -0.144. The van der Waals surface area contributed by atoms with Gasteiger partial charge in [-0.15, -0.1) is 0 Å². The third-order valence-electron chi connectivity index (χ3n) is 3.38. The summed E-state index contributed by atoms with van der Waals surface area (Å²) in [6, 6.07) is 9.13. The number of oxazole rings is 1. The second-order valence-corrected chi connectivity index (χ2v) is 6.63. The van der Waals surface area contributed by atoms with Crippen molar-refractivity contribution in [1.29, 1.82) is 0 Å². The van der Waals surface area contributed by atoms with E-state index in [-0.39, 0.29) is 18.4 Å². The summed E-state index contributed by atoms with van der Waals surface area (Å²) in [7, 11) is 0. The number of amides is 1. The average Bonchev–Trinajstić information content (AvgIpc) is 3.24. The van der Waals surface area contributed by atoms with Gasteiger partial charge in [0.1, 0.15) is 17.1 Å². The Balaban J connectivity index is 1.44. The highest BCUT2D eigenvalue weighted by Gasteiger charge is 2.13. The van der Waals surface area contributed by atoms with E-state index in [1.165, 1.54) is 0 Å². The van der Waals surface area contributed by atoms with Crippen LogP contribution in [0.5, 0.6) is 0 Å². The number of nitrogens with one attached hydrogen (secondary N) is 1. The van der Waals surface area contributed by atoms with E-state index in [2.05, 4.69) is 15.4 Å². The second kappa shape index (κ2) is 8.05. The Kier molecular flexibility index (Phi) is 5.57. The van der Waals surface area contributed by atoms with Gasteiger partial charge >= 0.3 is 5.97 Å². The molecular formula is C17H18N4O4S. The molecule has 9 heteroatoms. The molecule has 136 valence electrons. The molecule has 0 aliphatic rings. The van der Waals surface area contributed by atoms with Gasteiger partial charge in [-0.3, -0.25) is 9.59 Å². The molecule has 0 unspecified atom stereocenters. The Labute approximate surface area is 153 Å². The van der Waals surface area contributed by atoms with E-state index in [1.54, 1.807) is 23.0 Å². The summed E-state index contributed by atoms with van der Waals surface area (Å²) in [6.45, 7) is 3.54. The van der Waals surface area contributed by atoms with Crippen LogP contribution in [0.4, 0.5) is 5.82 Å². The number of fused-ring (bicyclic) bond motifs is 1. The molecule has 3 rings (SSSR count). The number of thioether (sulfide) groups is 1. The number of carbonyl (C=O) groups excluding carboxylic acids is 2. The predicted octanol–water partition coefficient (Wildman–Crippen LogP) is 2.88. The number of carbonyl (C=O) groups is 2. The van der Waals surface area contributed by atoms with Crippen LogP contribution in [0, 0.1) is 0 Å². The van der Waals surface area contributed by atoms with Crippen molar-refractivity contribution in [2.45, 2.75) is 25.1 Å². The molecule has 0 aliphatic carbocycles. The Morgan fingerprint density at radius 2 is 2.12 bits per heavy atom. The zero-order valence-corrected chi connectivity index (χ0v) is 15.2. The van der Waals surface area contributed by atoms with Gasteiger partial charge in [0.2, 0.25) is 0 Å². The van der Waals surface area contributed by atoms with Crippen molar-refractivity contribution in [1.82, 2.24) is 14.8 Å². The predicted molar refractivity (Wildman–Crippen MR) is 96.9 cm³/mol. The monoisotopic (exact) mass is 374 g/mol. The van der Waals surface area contributed by atoms with Gasteiger partial charge in [0.05, 0.1) is 6.20 Å². The van der Waals surface area contributed by atoms with Crippen LogP contribution in [0.25, 0.3) is 11.1 Å². The Morgan fingerprint density at radius 1 is 1.31 bits per heavy atom. The first-order valence-electron chi connectivity index (χ1n) is 8.00. The van der Waals surface area contributed by atoms with Gasteiger partial charge in [-0.25, -0.2) is 9.67 Å². The maximum Gasteiger partial charge on any atom is 0.316 e. The molecule has 0 spiro atoms. The van der Waals surface area contributed by atoms with E-state index in [9.17, 15) is 9.59 Å². The molecule has 8 nitrogen and oxygen atoms in total. The smallest absolute Gasteiger partial charge is 0.316 e. The van der Waals surface area contributed by atoms with Crippen LogP contribution in [0.1, 0.15) is 19.9 Å². The number of esters is 1. The zero-order chi connectivity index (χ0) is 18.5. The maximum atomic E-state index is 11.9. The van der Waals surface area contributed by atoms with E-state index >= 15 is 0 Å². The number of para-hydroxylation sites is 2. The van der Waals surface area contributed by atoms with Crippen LogP contribution in [0.15, 0.2) is 46.2 Å². The van der Waals surface area contributed by atoms with E-state index in [0.717, 1.165) is 17.3 Å². The highest BCUT2D eigenvalue weighted by atomic mass is 32.2. The van der Waals surface area contributed by atoms with E-state index in [1.807, 2.05) is 32.0 Å². The van der Waals surface area contributed by atoms with Crippen molar-refractivity contribution in [3.05, 3.63) is 36.5 Å². The first-order valence-corrected chi connectivity index (χ1v) is 8.99. The number of benzene rings is 1. The summed E-state index contributed by atoms with van der Waals surface area (Å²) in [5.41, 5.74) is 1.38. The van der Waals surface area contributed by atoms with Gasteiger partial charge in [-0.2, -0.15) is 5.10 Å². The van der Waals surface area contributed by atoms with Crippen molar-refractivity contribution in [2.75, 3.05) is 17.7 Å². The molecule has 0 bridgehead atoms. The minimum atomic E-state index is -0.523. The molecule has 1 amide bonds. The molecule has 0 fully saturated rings. The van der Waals surface area contributed by atoms with Crippen molar-refractivity contribution in [3.63, 3.8) is 0 Å². The van der Waals surface area contributed by atoms with Gasteiger partial charge in [0, 0.05) is 12.1 Å². The van der Waals surface area contributed by atoms with Crippen LogP contribution in [-0.4, -0.2) is 39.0 Å². The fourth-order valence-electron chi connectivity index (χ4n) is 2.22. The molecule has 0 aliphatic heterocycles. The number of nitrogens with zero attached hydrogens (tertiary/aromatic N) is 3. The molecule has 2 aromatic heterocycles. The molecule has 0 saturated heterocycles. The summed E-state index contributed by atoms with van der Waals surface area (Å²) in [6.07, 6.45) is 1.60. The minimum absolute atomic E-state index is 0.00400. The van der Waals surface area contributed by atoms with Gasteiger partial charge in [0.15, 0.2) is 12.2 Å². The number of rotatable bonds is 7. The second-order valence-electron chi connectivity index (χ2n) is 5.70. The fourth-order valence-corrected chi connectivity index (χ4v) is 2.86. The van der Waals surface area contributed by atoms with Gasteiger partial charge in [-0.05, 0) is 26.0 Å².